The summed E-state index contributed by atoms with van der Waals surface area (Å²) in [4.78, 5) is 12.0. The van der Waals surface area contributed by atoms with E-state index in [9.17, 15) is 8.42 Å². The highest BCUT2D eigenvalue weighted by Crippen LogP contribution is 2.26. The molecule has 162 valence electrons. The lowest BCUT2D eigenvalue weighted by Gasteiger charge is -2.34. The van der Waals surface area contributed by atoms with E-state index >= 15 is 0 Å². The molecule has 2 aliphatic rings. The van der Waals surface area contributed by atoms with Crippen LogP contribution in [0.15, 0.2) is 47.4 Å². The molecule has 5 rings (SSSR count). The topological polar surface area (TPSA) is 75.2 Å². The third-order valence-corrected chi connectivity index (χ3v) is 7.69. The van der Waals surface area contributed by atoms with Crippen LogP contribution in [-0.4, -0.2) is 49.8 Å². The summed E-state index contributed by atoms with van der Waals surface area (Å²) >= 11 is 0. The van der Waals surface area contributed by atoms with Crippen molar-refractivity contribution in [2.75, 3.05) is 24.2 Å². The highest BCUT2D eigenvalue weighted by Gasteiger charge is 2.27. The predicted molar refractivity (Wildman–Crippen MR) is 123 cm³/mol. The minimum atomic E-state index is -3.27. The van der Waals surface area contributed by atoms with Crippen molar-refractivity contribution in [1.82, 2.24) is 15.3 Å². The summed E-state index contributed by atoms with van der Waals surface area (Å²) in [5, 5.41) is 4.76. The van der Waals surface area contributed by atoms with Crippen LogP contribution >= 0.6 is 0 Å². The van der Waals surface area contributed by atoms with E-state index in [1.807, 2.05) is 6.92 Å². The van der Waals surface area contributed by atoms with E-state index in [-0.39, 0.29) is 0 Å². The first kappa shape index (κ1) is 20.4. The Morgan fingerprint density at radius 3 is 2.29 bits per heavy atom. The summed E-state index contributed by atoms with van der Waals surface area (Å²) < 4.78 is 23.9. The van der Waals surface area contributed by atoms with Crippen LogP contribution in [0.4, 0.5) is 5.95 Å². The number of hydrogen-bond donors (Lipinski definition) is 1. The molecule has 31 heavy (non-hydrogen) atoms. The second-order valence-electron chi connectivity index (χ2n) is 8.86. The second-order valence-corrected chi connectivity index (χ2v) is 10.9. The molecule has 1 fully saturated rings. The van der Waals surface area contributed by atoms with Crippen LogP contribution in [0.5, 0.6) is 0 Å². The van der Waals surface area contributed by atoms with Gasteiger partial charge in [0, 0.05) is 36.8 Å². The molecule has 2 aromatic carbocycles. The number of fused-ring (bicyclic) bond motifs is 2. The Labute approximate surface area is 183 Å². The zero-order valence-corrected chi connectivity index (χ0v) is 18.8. The fraction of sp³-hybridized carbons (Fsp3) is 0.417. The standard InChI is InChI=1S/C24H28N4O2S/c1-16-22-8-7-21(31(2,29)30)15-23(22)27-24(25-16)28-11-9-19(10-12-28)26-20-13-17-5-3-4-6-18(17)14-20/h3-8,15,19-20,26H,9-14H2,1-2H3. The Morgan fingerprint density at radius 2 is 1.65 bits per heavy atom. The molecule has 3 aromatic rings. The van der Waals surface area contributed by atoms with Gasteiger partial charge in [-0.3, -0.25) is 0 Å². The molecule has 6 nitrogen and oxygen atoms in total. The zero-order valence-electron chi connectivity index (χ0n) is 18.0. The van der Waals surface area contributed by atoms with Crippen LogP contribution in [0.3, 0.4) is 0 Å². The predicted octanol–water partition coefficient (Wildman–Crippen LogP) is 3.07. The molecule has 0 atom stereocenters. The van der Waals surface area contributed by atoms with Gasteiger partial charge in [0.25, 0.3) is 0 Å². The molecule has 7 heteroatoms. The van der Waals surface area contributed by atoms with Gasteiger partial charge in [0.2, 0.25) is 5.95 Å². The van der Waals surface area contributed by atoms with Crippen molar-refractivity contribution in [3.05, 3.63) is 59.3 Å². The minimum absolute atomic E-state index is 0.296. The van der Waals surface area contributed by atoms with Gasteiger partial charge in [-0.1, -0.05) is 24.3 Å². The lowest BCUT2D eigenvalue weighted by Crippen LogP contribution is -2.47. The molecule has 0 spiro atoms. The second kappa shape index (κ2) is 7.88. The largest absolute Gasteiger partial charge is 0.341 e. The van der Waals surface area contributed by atoms with Gasteiger partial charge < -0.3 is 10.2 Å². The van der Waals surface area contributed by atoms with Crippen molar-refractivity contribution >= 4 is 26.7 Å². The molecule has 0 amide bonds. The number of benzene rings is 2. The summed E-state index contributed by atoms with van der Waals surface area (Å²) in [5.41, 5.74) is 4.52. The van der Waals surface area contributed by atoms with Crippen molar-refractivity contribution < 1.29 is 8.42 Å². The highest BCUT2D eigenvalue weighted by molar-refractivity contribution is 7.90. The van der Waals surface area contributed by atoms with Crippen molar-refractivity contribution in [2.24, 2.45) is 0 Å². The lowest BCUT2D eigenvalue weighted by atomic mass is 10.0. The Balaban J connectivity index is 1.27. The van der Waals surface area contributed by atoms with Gasteiger partial charge in [0.1, 0.15) is 0 Å². The molecule has 0 unspecified atom stereocenters. The van der Waals surface area contributed by atoms with Gasteiger partial charge in [0.15, 0.2) is 9.84 Å². The van der Waals surface area contributed by atoms with Gasteiger partial charge in [-0.2, -0.15) is 0 Å². The van der Waals surface area contributed by atoms with Crippen LogP contribution in [0, 0.1) is 6.92 Å². The fourth-order valence-electron chi connectivity index (χ4n) is 4.88. The molecule has 1 aliphatic carbocycles. The van der Waals surface area contributed by atoms with E-state index in [4.69, 9.17) is 9.97 Å². The van der Waals surface area contributed by atoms with Gasteiger partial charge in [-0.15, -0.1) is 0 Å². The van der Waals surface area contributed by atoms with Crippen LogP contribution < -0.4 is 10.2 Å². The number of nitrogens with one attached hydrogen (secondary N) is 1. The number of hydrogen-bond acceptors (Lipinski definition) is 6. The van der Waals surface area contributed by atoms with Crippen LogP contribution in [-0.2, 0) is 22.7 Å². The maximum atomic E-state index is 11.9. The molecule has 0 saturated carbocycles. The first-order chi connectivity index (χ1) is 14.9. The van der Waals surface area contributed by atoms with Crippen molar-refractivity contribution in [1.29, 1.82) is 0 Å². The summed E-state index contributed by atoms with van der Waals surface area (Å²) in [6.45, 7) is 3.75. The normalized spacial score (nSPS) is 17.9. The molecule has 1 N–H and O–H groups in total. The maximum Gasteiger partial charge on any atom is 0.226 e. The third-order valence-electron chi connectivity index (χ3n) is 6.58. The van der Waals surface area contributed by atoms with Gasteiger partial charge in [-0.25, -0.2) is 18.4 Å². The van der Waals surface area contributed by atoms with Crippen LogP contribution in [0.1, 0.15) is 29.7 Å². The Bertz CT molecular complexity index is 1210. The van der Waals surface area contributed by atoms with Crippen LogP contribution in [0.25, 0.3) is 10.9 Å². The monoisotopic (exact) mass is 436 g/mol. The third kappa shape index (κ3) is 4.16. The molecular formula is C24H28N4O2S. The maximum absolute atomic E-state index is 11.9. The van der Waals surface area contributed by atoms with Gasteiger partial charge in [0.05, 0.1) is 16.1 Å². The number of sulfone groups is 1. The number of piperidine rings is 1. The fourth-order valence-corrected chi connectivity index (χ4v) is 5.52. The first-order valence-corrected chi connectivity index (χ1v) is 12.8. The van der Waals surface area contributed by atoms with Crippen molar-refractivity contribution in [2.45, 2.75) is 49.6 Å². The number of rotatable bonds is 4. The highest BCUT2D eigenvalue weighted by atomic mass is 32.2. The van der Waals surface area contributed by atoms with E-state index in [0.717, 1.165) is 49.9 Å². The lowest BCUT2D eigenvalue weighted by molar-refractivity contribution is 0.368. The Morgan fingerprint density at radius 1 is 0.968 bits per heavy atom. The van der Waals surface area contributed by atoms with Gasteiger partial charge >= 0.3 is 0 Å². The number of aryl methyl sites for hydroxylation is 1. The van der Waals surface area contributed by atoms with Crippen molar-refractivity contribution in [3.63, 3.8) is 0 Å². The molecule has 2 heterocycles. The summed E-state index contributed by atoms with van der Waals surface area (Å²) in [6, 6.07) is 14.9. The van der Waals surface area contributed by atoms with Gasteiger partial charge in [-0.05, 0) is 61.9 Å². The zero-order chi connectivity index (χ0) is 21.6. The van der Waals surface area contributed by atoms with E-state index in [2.05, 4.69) is 34.5 Å². The van der Waals surface area contributed by atoms with Crippen LogP contribution in [0.2, 0.25) is 0 Å². The Kier molecular flexibility index (Phi) is 5.18. The number of anilines is 1. The summed E-state index contributed by atoms with van der Waals surface area (Å²) in [7, 11) is -3.27. The first-order valence-electron chi connectivity index (χ1n) is 10.9. The summed E-state index contributed by atoms with van der Waals surface area (Å²) in [6.07, 6.45) is 5.56. The van der Waals surface area contributed by atoms with E-state index in [1.54, 1.807) is 18.2 Å². The Hall–Kier alpha value is -2.51. The molecule has 1 aromatic heterocycles. The number of aromatic nitrogens is 2. The van der Waals surface area contributed by atoms with Crippen molar-refractivity contribution in [3.8, 4) is 0 Å². The molecule has 1 aliphatic heterocycles. The average molecular weight is 437 g/mol. The van der Waals surface area contributed by atoms with E-state index in [0.29, 0.717) is 28.4 Å². The molecule has 0 radical (unpaired) electrons. The van der Waals surface area contributed by atoms with E-state index in [1.165, 1.54) is 17.4 Å². The molecular weight excluding hydrogens is 408 g/mol. The molecule has 1 saturated heterocycles. The van der Waals surface area contributed by atoms with E-state index < -0.39 is 9.84 Å². The average Bonchev–Trinajstić information content (AvgIpc) is 3.15. The quantitative estimate of drug-likeness (QED) is 0.678. The number of nitrogens with zero attached hydrogens (tertiary/aromatic N) is 3. The summed E-state index contributed by atoms with van der Waals surface area (Å²) in [5.74, 6) is 0.697. The molecule has 0 bridgehead atoms. The minimum Gasteiger partial charge on any atom is -0.341 e. The SMILES string of the molecule is Cc1nc(N2CCC(NC3Cc4ccccc4C3)CC2)nc2cc(S(C)(=O)=O)ccc12. The smallest absolute Gasteiger partial charge is 0.226 e.